The number of nitrogens with two attached hydrogens (primary N) is 1. The molecule has 112 valence electrons. The summed E-state index contributed by atoms with van der Waals surface area (Å²) in [6.45, 7) is -0.597. The highest BCUT2D eigenvalue weighted by atomic mass is 19.1. The van der Waals surface area contributed by atoms with Crippen molar-refractivity contribution in [2.45, 2.75) is 30.6 Å². The van der Waals surface area contributed by atoms with Crippen molar-refractivity contribution in [1.29, 1.82) is 0 Å². The molecule has 1 saturated heterocycles. The zero-order valence-electron chi connectivity index (χ0n) is 10.1. The van der Waals surface area contributed by atoms with Gasteiger partial charge in [-0.15, -0.1) is 0 Å². The van der Waals surface area contributed by atoms with Gasteiger partial charge in [-0.2, -0.15) is 9.37 Å². The Labute approximate surface area is 111 Å². The fourth-order valence-corrected chi connectivity index (χ4v) is 1.77. The molecule has 1 aliphatic heterocycles. The maximum atomic E-state index is 13.4. The van der Waals surface area contributed by atoms with Gasteiger partial charge in [0.05, 0.1) is 18.8 Å². The number of aliphatic hydroxyl groups is 3. The fraction of sp³-hybridized carbons (Fsp3) is 0.600. The lowest BCUT2D eigenvalue weighted by Crippen LogP contribution is -2.63. The van der Waals surface area contributed by atoms with Gasteiger partial charge in [-0.25, -0.2) is 4.79 Å². The molecule has 1 aromatic heterocycles. The van der Waals surface area contributed by atoms with E-state index in [0.29, 0.717) is 6.20 Å². The van der Waals surface area contributed by atoms with Crippen molar-refractivity contribution in [3.8, 4) is 5.88 Å². The van der Waals surface area contributed by atoms with E-state index in [1.54, 1.807) is 0 Å². The topological polar surface area (TPSA) is 151 Å². The molecule has 0 bridgehead atoms. The van der Waals surface area contributed by atoms with Gasteiger partial charge in [0.1, 0.15) is 18.3 Å². The summed E-state index contributed by atoms with van der Waals surface area (Å²) in [5.74, 6) is -1.52. The summed E-state index contributed by atoms with van der Waals surface area (Å²) in [5.41, 5.74) is 4.75. The van der Waals surface area contributed by atoms with Crippen LogP contribution in [0.25, 0.3) is 0 Å². The average Bonchev–Trinajstić information content (AvgIpc) is 2.43. The smallest absolute Gasteiger partial charge is 0.347 e. The van der Waals surface area contributed by atoms with Crippen LogP contribution in [-0.4, -0.2) is 62.5 Å². The number of ether oxygens (including phenoxy) is 2. The number of aromatic amines is 1. The molecule has 0 unspecified atom stereocenters. The van der Waals surface area contributed by atoms with Crippen LogP contribution in [0.5, 0.6) is 5.88 Å². The van der Waals surface area contributed by atoms with Crippen molar-refractivity contribution in [3.63, 3.8) is 0 Å². The molecule has 2 rings (SSSR count). The first kappa shape index (κ1) is 14.8. The highest BCUT2D eigenvalue weighted by molar-refractivity contribution is 5.09. The summed E-state index contributed by atoms with van der Waals surface area (Å²) in [6.07, 6.45) is -4.71. The third-order valence-corrected chi connectivity index (χ3v) is 2.89. The van der Waals surface area contributed by atoms with Crippen molar-refractivity contribution >= 4 is 0 Å². The number of hydrogen-bond acceptors (Lipinski definition) is 8. The summed E-state index contributed by atoms with van der Waals surface area (Å²) in [4.78, 5) is 16.1. The largest absolute Gasteiger partial charge is 0.445 e. The molecular weight excluding hydrogens is 277 g/mol. The van der Waals surface area contributed by atoms with E-state index in [1.165, 1.54) is 0 Å². The Morgan fingerprint density at radius 3 is 2.85 bits per heavy atom. The summed E-state index contributed by atoms with van der Waals surface area (Å²) < 4.78 is 23.5. The van der Waals surface area contributed by atoms with E-state index in [-0.39, 0.29) is 0 Å². The Morgan fingerprint density at radius 1 is 1.50 bits per heavy atom. The van der Waals surface area contributed by atoms with Crippen LogP contribution in [0.2, 0.25) is 0 Å². The first-order valence-corrected chi connectivity index (χ1v) is 5.73. The van der Waals surface area contributed by atoms with Gasteiger partial charge in [-0.05, 0) is 0 Å². The number of aromatic nitrogens is 2. The predicted molar refractivity (Wildman–Crippen MR) is 61.2 cm³/mol. The Hall–Kier alpha value is -1.59. The van der Waals surface area contributed by atoms with Gasteiger partial charge in [0.2, 0.25) is 18.0 Å². The van der Waals surface area contributed by atoms with Gasteiger partial charge in [-0.3, -0.25) is 4.98 Å². The quantitative estimate of drug-likeness (QED) is 0.396. The number of aliphatic hydroxyl groups excluding tert-OH is 3. The van der Waals surface area contributed by atoms with E-state index in [0.717, 1.165) is 0 Å². The molecule has 10 heteroatoms. The number of halogens is 1. The van der Waals surface area contributed by atoms with Gasteiger partial charge in [0.25, 0.3) is 0 Å². The summed E-state index contributed by atoms with van der Waals surface area (Å²) >= 11 is 0. The fourth-order valence-electron chi connectivity index (χ4n) is 1.77. The molecule has 5 atom stereocenters. The molecule has 1 aromatic rings. The summed E-state index contributed by atoms with van der Waals surface area (Å²) in [6, 6.07) is -1.20. The highest BCUT2D eigenvalue weighted by Crippen LogP contribution is 2.22. The molecule has 20 heavy (non-hydrogen) atoms. The first-order chi connectivity index (χ1) is 9.43. The van der Waals surface area contributed by atoms with Gasteiger partial charge < -0.3 is 30.5 Å². The zero-order valence-corrected chi connectivity index (χ0v) is 10.1. The van der Waals surface area contributed by atoms with Gasteiger partial charge in [0.15, 0.2) is 0 Å². The van der Waals surface area contributed by atoms with Gasteiger partial charge >= 0.3 is 5.69 Å². The molecule has 0 radical (unpaired) electrons. The van der Waals surface area contributed by atoms with E-state index in [1.807, 2.05) is 4.98 Å². The van der Waals surface area contributed by atoms with Crippen molar-refractivity contribution in [1.82, 2.24) is 9.97 Å². The molecule has 0 spiro atoms. The third kappa shape index (κ3) is 2.78. The molecule has 2 heterocycles. The number of rotatable bonds is 3. The van der Waals surface area contributed by atoms with Crippen LogP contribution in [0.4, 0.5) is 4.39 Å². The van der Waals surface area contributed by atoms with E-state index >= 15 is 0 Å². The van der Waals surface area contributed by atoms with Crippen LogP contribution in [0.3, 0.4) is 0 Å². The maximum Gasteiger partial charge on any atom is 0.347 e. The van der Waals surface area contributed by atoms with Crippen molar-refractivity contribution in [3.05, 3.63) is 22.5 Å². The standard InChI is InChI=1S/C10H14FN3O6/c11-3-1-13-10(18)14-8(3)20-9-5(12)7(17)6(16)4(2-15)19-9/h1,4-7,9,15-17H,2,12H2,(H,13,14,18)/t4-,5-,6-,7-,9+/m1/s1. The monoisotopic (exact) mass is 291 g/mol. The molecule has 0 aliphatic carbocycles. The van der Waals surface area contributed by atoms with Gasteiger partial charge in [0, 0.05) is 0 Å². The number of hydrogen-bond donors (Lipinski definition) is 5. The second kappa shape index (κ2) is 5.81. The van der Waals surface area contributed by atoms with Gasteiger partial charge in [-0.1, -0.05) is 0 Å². The zero-order chi connectivity index (χ0) is 14.9. The SMILES string of the molecule is N[C@H]1[C@H](Oc2[nH]c(=O)ncc2F)O[C@H](CO)[C@@H](O)[C@@H]1O. The van der Waals surface area contributed by atoms with Crippen LogP contribution >= 0.6 is 0 Å². The first-order valence-electron chi connectivity index (χ1n) is 5.73. The van der Waals surface area contributed by atoms with Crippen LogP contribution in [-0.2, 0) is 4.74 Å². The van der Waals surface area contributed by atoms with Crippen molar-refractivity contribution in [2.75, 3.05) is 6.61 Å². The Bertz CT molecular complexity index is 524. The van der Waals surface area contributed by atoms with Crippen molar-refractivity contribution < 1.29 is 29.2 Å². The minimum atomic E-state index is -1.44. The minimum Gasteiger partial charge on any atom is -0.445 e. The molecule has 0 saturated carbocycles. The number of H-pyrrole nitrogens is 1. The normalized spacial score (nSPS) is 34.0. The average molecular weight is 291 g/mol. The third-order valence-electron chi connectivity index (χ3n) is 2.89. The minimum absolute atomic E-state index is 0.564. The van der Waals surface area contributed by atoms with Crippen LogP contribution in [0.1, 0.15) is 0 Å². The molecule has 1 fully saturated rings. The molecule has 0 amide bonds. The molecule has 0 aromatic carbocycles. The van der Waals surface area contributed by atoms with E-state index in [2.05, 4.69) is 4.98 Å². The highest BCUT2D eigenvalue weighted by Gasteiger charge is 2.44. The summed E-state index contributed by atoms with van der Waals surface area (Å²) in [5, 5.41) is 28.3. The lowest BCUT2D eigenvalue weighted by atomic mass is 9.98. The van der Waals surface area contributed by atoms with Crippen LogP contribution < -0.4 is 16.2 Å². The Morgan fingerprint density at radius 2 is 2.20 bits per heavy atom. The summed E-state index contributed by atoms with van der Waals surface area (Å²) in [7, 11) is 0. The van der Waals surface area contributed by atoms with Crippen LogP contribution in [0.15, 0.2) is 11.0 Å². The Balaban J connectivity index is 2.19. The lowest BCUT2D eigenvalue weighted by molar-refractivity contribution is -0.240. The maximum absolute atomic E-state index is 13.4. The van der Waals surface area contributed by atoms with E-state index in [9.17, 15) is 19.4 Å². The predicted octanol–water partition coefficient (Wildman–Crippen LogP) is -2.95. The molecule has 9 nitrogen and oxygen atoms in total. The second-order valence-corrected chi connectivity index (χ2v) is 4.27. The van der Waals surface area contributed by atoms with E-state index < -0.39 is 54.6 Å². The van der Waals surface area contributed by atoms with Crippen LogP contribution in [0, 0.1) is 5.82 Å². The number of nitrogens with one attached hydrogen (secondary N) is 1. The lowest BCUT2D eigenvalue weighted by Gasteiger charge is -2.40. The van der Waals surface area contributed by atoms with Crippen molar-refractivity contribution in [2.24, 2.45) is 5.73 Å². The molecular formula is C10H14FN3O6. The second-order valence-electron chi connectivity index (χ2n) is 4.27. The number of nitrogens with zero attached hydrogens (tertiary/aromatic N) is 1. The molecule has 6 N–H and O–H groups in total. The molecule has 1 aliphatic rings. The van der Waals surface area contributed by atoms with E-state index in [4.69, 9.17) is 20.3 Å². The Kier molecular flexibility index (Phi) is 4.30.